The van der Waals surface area contributed by atoms with Crippen LogP contribution < -0.4 is 0 Å². The van der Waals surface area contributed by atoms with Crippen molar-refractivity contribution in [2.45, 2.75) is 18.0 Å². The van der Waals surface area contributed by atoms with E-state index in [0.29, 0.717) is 12.2 Å². The Labute approximate surface area is 88.2 Å². The lowest BCUT2D eigenvalue weighted by molar-refractivity contribution is -0.116. The van der Waals surface area contributed by atoms with Gasteiger partial charge in [0.1, 0.15) is 5.78 Å². The van der Waals surface area contributed by atoms with Crippen molar-refractivity contribution in [2.24, 2.45) is 7.05 Å². The van der Waals surface area contributed by atoms with E-state index in [4.69, 9.17) is 0 Å². The smallest absolute Gasteiger partial charge is 0.168 e. The largest absolute Gasteiger partial charge is 0.329 e. The highest BCUT2D eigenvalue weighted by Gasteiger charge is 2.04. The van der Waals surface area contributed by atoms with E-state index in [1.807, 2.05) is 17.8 Å². The molecule has 0 aromatic carbocycles. The molecule has 0 aliphatic heterocycles. The Hall–Kier alpha value is -1.03. The predicted octanol–water partition coefficient (Wildman–Crippen LogP) is 2.05. The average molecular weight is 210 g/mol. The highest BCUT2D eigenvalue weighted by atomic mass is 32.2. The maximum atomic E-state index is 11.3. The Morgan fingerprint density at radius 3 is 3.14 bits per heavy atom. The molecule has 1 heterocycles. The molecule has 4 heteroatoms. The number of thioether (sulfide) groups is 1. The zero-order valence-electron chi connectivity index (χ0n) is 8.27. The lowest BCUT2D eigenvalue weighted by Crippen LogP contribution is -2.01. The maximum absolute atomic E-state index is 11.3. The number of Topliss-reactive ketones (excluding diaryl/α,β-unsaturated/α-hetero) is 1. The average Bonchev–Trinajstić information content (AvgIpc) is 2.58. The first-order valence-corrected chi connectivity index (χ1v) is 5.45. The number of imidazole rings is 1. The molecular weight excluding hydrogens is 196 g/mol. The fraction of sp³-hybridized carbons (Fsp3) is 0.400. The first-order valence-electron chi connectivity index (χ1n) is 4.46. The minimum absolute atomic E-state index is 0.248. The van der Waals surface area contributed by atoms with Crippen molar-refractivity contribution < 1.29 is 4.79 Å². The Balaban J connectivity index is 2.30. The summed E-state index contributed by atoms with van der Waals surface area (Å²) < 4.78 is 1.91. The summed E-state index contributed by atoms with van der Waals surface area (Å²) in [6, 6.07) is 0. The van der Waals surface area contributed by atoms with Crippen molar-refractivity contribution in [3.63, 3.8) is 0 Å². The van der Waals surface area contributed by atoms with Crippen LogP contribution in [0, 0.1) is 0 Å². The zero-order chi connectivity index (χ0) is 10.4. The van der Waals surface area contributed by atoms with Gasteiger partial charge >= 0.3 is 0 Å². The van der Waals surface area contributed by atoms with E-state index in [1.165, 1.54) is 11.8 Å². The van der Waals surface area contributed by atoms with Crippen molar-refractivity contribution in [1.82, 2.24) is 9.55 Å². The molecule has 0 saturated carbocycles. The van der Waals surface area contributed by atoms with Gasteiger partial charge in [0, 0.05) is 25.9 Å². The van der Waals surface area contributed by atoms with Gasteiger partial charge in [-0.2, -0.15) is 0 Å². The third kappa shape index (κ3) is 3.38. The molecule has 0 spiro atoms. The monoisotopic (exact) mass is 210 g/mol. The lowest BCUT2D eigenvalue weighted by atomic mass is 10.2. The van der Waals surface area contributed by atoms with E-state index in [9.17, 15) is 4.79 Å². The van der Waals surface area contributed by atoms with Crippen LogP contribution in [0.15, 0.2) is 30.2 Å². The molecule has 14 heavy (non-hydrogen) atoms. The molecule has 0 aliphatic carbocycles. The summed E-state index contributed by atoms with van der Waals surface area (Å²) in [7, 11) is 1.92. The fourth-order valence-corrected chi connectivity index (χ4v) is 1.81. The van der Waals surface area contributed by atoms with Crippen LogP contribution in [-0.2, 0) is 11.8 Å². The van der Waals surface area contributed by atoms with Crippen LogP contribution in [-0.4, -0.2) is 21.1 Å². The summed E-state index contributed by atoms with van der Waals surface area (Å²) in [4.78, 5) is 15.4. The lowest BCUT2D eigenvalue weighted by Gasteiger charge is -1.99. The molecule has 0 unspecified atom stereocenters. The van der Waals surface area contributed by atoms with Crippen LogP contribution >= 0.6 is 11.8 Å². The number of hydrogen-bond donors (Lipinski definition) is 0. The van der Waals surface area contributed by atoms with Crippen LogP contribution in [0.3, 0.4) is 0 Å². The first-order chi connectivity index (χ1) is 6.74. The quantitative estimate of drug-likeness (QED) is 0.532. The Morgan fingerprint density at radius 1 is 1.79 bits per heavy atom. The van der Waals surface area contributed by atoms with Crippen molar-refractivity contribution in [2.75, 3.05) is 5.75 Å². The standard InChI is InChI=1S/C10H14N2OS/c1-3-4-5-9(13)8-14-10-11-6-7-12(10)2/h3,6-7H,1,4-5,8H2,2H3. The van der Waals surface area contributed by atoms with Crippen LogP contribution in [0.5, 0.6) is 0 Å². The molecule has 76 valence electrons. The van der Waals surface area contributed by atoms with Crippen molar-refractivity contribution >= 4 is 17.5 Å². The van der Waals surface area contributed by atoms with Gasteiger partial charge in [0.25, 0.3) is 0 Å². The number of ketones is 1. The summed E-state index contributed by atoms with van der Waals surface area (Å²) in [5, 5.41) is 0.886. The molecule has 0 bridgehead atoms. The van der Waals surface area contributed by atoms with E-state index in [1.54, 1.807) is 12.3 Å². The van der Waals surface area contributed by atoms with Gasteiger partial charge in [0.2, 0.25) is 0 Å². The molecule has 1 aromatic rings. The molecule has 0 amide bonds. The second-order valence-electron chi connectivity index (χ2n) is 2.98. The number of carbonyl (C=O) groups excluding carboxylic acids is 1. The van der Waals surface area contributed by atoms with Crippen molar-refractivity contribution in [3.8, 4) is 0 Å². The molecule has 0 fully saturated rings. The minimum atomic E-state index is 0.248. The highest BCUT2D eigenvalue weighted by molar-refractivity contribution is 7.99. The second-order valence-corrected chi connectivity index (χ2v) is 3.92. The Morgan fingerprint density at radius 2 is 2.57 bits per heavy atom. The van der Waals surface area contributed by atoms with Gasteiger partial charge in [-0.3, -0.25) is 4.79 Å². The molecular formula is C10H14N2OS. The maximum Gasteiger partial charge on any atom is 0.168 e. The number of allylic oxidation sites excluding steroid dienone is 1. The third-order valence-corrected chi connectivity index (χ3v) is 2.88. The number of hydrogen-bond acceptors (Lipinski definition) is 3. The number of aromatic nitrogens is 2. The van der Waals surface area contributed by atoms with E-state index in [-0.39, 0.29) is 5.78 Å². The van der Waals surface area contributed by atoms with Gasteiger partial charge in [0.05, 0.1) is 5.75 Å². The van der Waals surface area contributed by atoms with E-state index < -0.39 is 0 Å². The zero-order valence-corrected chi connectivity index (χ0v) is 9.09. The Bertz CT molecular complexity index is 320. The third-order valence-electron chi connectivity index (χ3n) is 1.77. The van der Waals surface area contributed by atoms with Gasteiger partial charge in [-0.1, -0.05) is 17.8 Å². The van der Waals surface area contributed by atoms with Crippen LogP contribution in [0.25, 0.3) is 0 Å². The van der Waals surface area contributed by atoms with Crippen molar-refractivity contribution in [1.29, 1.82) is 0 Å². The number of carbonyl (C=O) groups is 1. The predicted molar refractivity (Wildman–Crippen MR) is 58.4 cm³/mol. The second kappa shape index (κ2) is 5.65. The van der Waals surface area contributed by atoms with Crippen LogP contribution in [0.2, 0.25) is 0 Å². The molecule has 0 atom stereocenters. The molecule has 0 saturated heterocycles. The first kappa shape index (κ1) is 11.0. The summed E-state index contributed by atoms with van der Waals surface area (Å²) in [6.07, 6.45) is 6.72. The number of nitrogens with zero attached hydrogens (tertiary/aromatic N) is 2. The molecule has 1 aromatic heterocycles. The molecule has 1 rings (SSSR count). The highest BCUT2D eigenvalue weighted by Crippen LogP contribution is 2.14. The summed E-state index contributed by atoms with van der Waals surface area (Å²) in [5.74, 6) is 0.747. The van der Waals surface area contributed by atoms with E-state index in [0.717, 1.165) is 11.6 Å². The van der Waals surface area contributed by atoms with Gasteiger partial charge in [-0.15, -0.1) is 6.58 Å². The van der Waals surface area contributed by atoms with Gasteiger partial charge in [-0.05, 0) is 6.42 Å². The van der Waals surface area contributed by atoms with E-state index in [2.05, 4.69) is 11.6 Å². The van der Waals surface area contributed by atoms with Gasteiger partial charge < -0.3 is 4.57 Å². The Kier molecular flexibility index (Phi) is 4.46. The van der Waals surface area contributed by atoms with Crippen molar-refractivity contribution in [3.05, 3.63) is 25.0 Å². The summed E-state index contributed by atoms with van der Waals surface area (Å²) >= 11 is 1.48. The molecule has 3 nitrogen and oxygen atoms in total. The van der Waals surface area contributed by atoms with E-state index >= 15 is 0 Å². The van der Waals surface area contributed by atoms with Crippen LogP contribution in [0.1, 0.15) is 12.8 Å². The normalized spacial score (nSPS) is 10.1. The number of aryl methyl sites for hydroxylation is 1. The summed E-state index contributed by atoms with van der Waals surface area (Å²) in [6.45, 7) is 3.58. The minimum Gasteiger partial charge on any atom is -0.329 e. The van der Waals surface area contributed by atoms with Gasteiger partial charge in [0.15, 0.2) is 5.16 Å². The SMILES string of the molecule is C=CCCC(=O)CSc1nccn1C. The van der Waals surface area contributed by atoms with Crippen LogP contribution in [0.4, 0.5) is 0 Å². The number of rotatable bonds is 6. The molecule has 0 N–H and O–H groups in total. The fourth-order valence-electron chi connectivity index (χ4n) is 0.971. The summed E-state index contributed by atoms with van der Waals surface area (Å²) in [5.41, 5.74) is 0. The van der Waals surface area contributed by atoms with Gasteiger partial charge in [-0.25, -0.2) is 4.98 Å². The topological polar surface area (TPSA) is 34.9 Å². The molecule has 0 aliphatic rings. The molecule has 0 radical (unpaired) electrons.